The van der Waals surface area contributed by atoms with Crippen molar-refractivity contribution in [2.24, 2.45) is 5.73 Å². The van der Waals surface area contributed by atoms with E-state index in [2.05, 4.69) is 0 Å². The molecule has 0 aromatic heterocycles. The Bertz CT molecular complexity index is 883. The zero-order valence-corrected chi connectivity index (χ0v) is 13.6. The Labute approximate surface area is 139 Å². The Morgan fingerprint density at radius 2 is 1.83 bits per heavy atom. The summed E-state index contributed by atoms with van der Waals surface area (Å²) in [6, 6.07) is 13.4. The summed E-state index contributed by atoms with van der Waals surface area (Å²) in [5.41, 5.74) is 5.75. The molecule has 1 aliphatic heterocycles. The van der Waals surface area contributed by atoms with Crippen molar-refractivity contribution in [3.8, 4) is 11.5 Å². The van der Waals surface area contributed by atoms with E-state index in [0.29, 0.717) is 11.5 Å². The zero-order valence-electron chi connectivity index (χ0n) is 12.8. The number of fused-ring (bicyclic) bond motifs is 1. The Morgan fingerprint density at radius 3 is 2.54 bits per heavy atom. The van der Waals surface area contributed by atoms with Crippen LogP contribution in [0.2, 0.25) is 0 Å². The minimum atomic E-state index is -3.65. The van der Waals surface area contributed by atoms with Crippen molar-refractivity contribution in [2.45, 2.75) is 21.6 Å². The standard InChI is InChI=1S/C17H17NO5S/c18-17(9-19)15(11-6-7-13-14(8-11)23-10-22-13)16(17)24(20,21)12-4-2-1-3-5-12/h1-8,15-16,19H,9-10,18H2/t15-,16-,17-/m1/s1. The van der Waals surface area contributed by atoms with Gasteiger partial charge < -0.3 is 20.3 Å². The second-order valence-electron chi connectivity index (χ2n) is 6.14. The van der Waals surface area contributed by atoms with E-state index in [-0.39, 0.29) is 11.7 Å². The molecule has 0 saturated heterocycles. The number of nitrogens with two attached hydrogens (primary N) is 1. The van der Waals surface area contributed by atoms with Crippen LogP contribution in [-0.2, 0) is 9.84 Å². The number of hydrogen-bond acceptors (Lipinski definition) is 6. The average Bonchev–Trinajstić information content (AvgIpc) is 3.00. The third kappa shape index (κ3) is 2.12. The molecule has 1 heterocycles. The van der Waals surface area contributed by atoms with Gasteiger partial charge in [-0.3, -0.25) is 0 Å². The van der Waals surface area contributed by atoms with Gasteiger partial charge in [0.25, 0.3) is 0 Å². The molecule has 1 fully saturated rings. The molecule has 0 amide bonds. The molecule has 24 heavy (non-hydrogen) atoms. The van der Waals surface area contributed by atoms with Crippen LogP contribution in [0.4, 0.5) is 0 Å². The van der Waals surface area contributed by atoms with Gasteiger partial charge in [0, 0.05) is 5.92 Å². The second kappa shape index (κ2) is 5.20. The monoisotopic (exact) mass is 347 g/mol. The van der Waals surface area contributed by atoms with Crippen LogP contribution >= 0.6 is 0 Å². The summed E-state index contributed by atoms with van der Waals surface area (Å²) in [6.07, 6.45) is 0. The van der Waals surface area contributed by atoms with Crippen LogP contribution in [0, 0.1) is 0 Å². The van der Waals surface area contributed by atoms with Gasteiger partial charge >= 0.3 is 0 Å². The maximum absolute atomic E-state index is 12.9. The number of hydrogen-bond donors (Lipinski definition) is 2. The second-order valence-corrected chi connectivity index (χ2v) is 8.21. The van der Waals surface area contributed by atoms with Crippen LogP contribution < -0.4 is 15.2 Å². The van der Waals surface area contributed by atoms with Crippen molar-refractivity contribution in [2.75, 3.05) is 13.4 Å². The Hall–Kier alpha value is -2.09. The first-order valence-corrected chi connectivity index (χ1v) is 9.11. The van der Waals surface area contributed by atoms with Crippen LogP contribution in [0.15, 0.2) is 53.4 Å². The molecular weight excluding hydrogens is 330 g/mol. The molecular formula is C17H17NO5S. The van der Waals surface area contributed by atoms with Gasteiger partial charge in [0.05, 0.1) is 22.3 Å². The quantitative estimate of drug-likeness (QED) is 0.858. The molecule has 126 valence electrons. The largest absolute Gasteiger partial charge is 0.454 e. The van der Waals surface area contributed by atoms with Crippen molar-refractivity contribution in [1.82, 2.24) is 0 Å². The van der Waals surface area contributed by atoms with Gasteiger partial charge in [0.1, 0.15) is 0 Å². The molecule has 0 radical (unpaired) electrons. The molecule has 3 N–H and O–H groups in total. The molecule has 0 bridgehead atoms. The highest BCUT2D eigenvalue weighted by Gasteiger charge is 2.69. The molecule has 2 aliphatic rings. The number of rotatable bonds is 4. The molecule has 2 aromatic carbocycles. The molecule has 1 aliphatic carbocycles. The first-order valence-electron chi connectivity index (χ1n) is 7.57. The van der Waals surface area contributed by atoms with E-state index in [1.807, 2.05) is 0 Å². The minimum Gasteiger partial charge on any atom is -0.454 e. The smallest absolute Gasteiger partial charge is 0.231 e. The predicted molar refractivity (Wildman–Crippen MR) is 86.7 cm³/mol. The van der Waals surface area contributed by atoms with Gasteiger partial charge in [0.15, 0.2) is 21.3 Å². The van der Waals surface area contributed by atoms with Gasteiger partial charge in [-0.05, 0) is 29.8 Å². The van der Waals surface area contributed by atoms with Crippen molar-refractivity contribution in [1.29, 1.82) is 0 Å². The number of benzene rings is 2. The van der Waals surface area contributed by atoms with E-state index < -0.39 is 33.2 Å². The van der Waals surface area contributed by atoms with E-state index in [1.54, 1.807) is 48.5 Å². The molecule has 0 unspecified atom stereocenters. The van der Waals surface area contributed by atoms with Gasteiger partial charge in [-0.2, -0.15) is 0 Å². The zero-order chi connectivity index (χ0) is 16.9. The van der Waals surface area contributed by atoms with Gasteiger partial charge in [-0.25, -0.2) is 8.42 Å². The summed E-state index contributed by atoms with van der Waals surface area (Å²) in [5, 5.41) is 8.85. The fourth-order valence-corrected chi connectivity index (χ4v) is 5.75. The lowest BCUT2D eigenvalue weighted by Gasteiger charge is -2.08. The van der Waals surface area contributed by atoms with Crippen molar-refractivity contribution in [3.63, 3.8) is 0 Å². The molecule has 2 aromatic rings. The summed E-state index contributed by atoms with van der Waals surface area (Å²) in [5.74, 6) is 0.686. The predicted octanol–water partition coefficient (Wildman–Crippen LogP) is 1.04. The van der Waals surface area contributed by atoms with Gasteiger partial charge in [0.2, 0.25) is 6.79 Å². The van der Waals surface area contributed by atoms with Crippen molar-refractivity contribution in [3.05, 3.63) is 54.1 Å². The minimum absolute atomic E-state index is 0.142. The van der Waals surface area contributed by atoms with Crippen LogP contribution in [0.5, 0.6) is 11.5 Å². The molecule has 3 atom stereocenters. The van der Waals surface area contributed by atoms with E-state index in [0.717, 1.165) is 5.56 Å². The summed E-state index contributed by atoms with van der Waals surface area (Å²) < 4.78 is 36.5. The summed E-state index contributed by atoms with van der Waals surface area (Å²) in [6.45, 7) is -0.272. The van der Waals surface area contributed by atoms with Gasteiger partial charge in [-0.1, -0.05) is 24.3 Å². The fraction of sp³-hybridized carbons (Fsp3) is 0.294. The first kappa shape index (κ1) is 15.4. The maximum Gasteiger partial charge on any atom is 0.231 e. The average molecular weight is 347 g/mol. The number of aliphatic hydroxyl groups excluding tert-OH is 1. The molecule has 0 spiro atoms. The number of ether oxygens (including phenoxy) is 2. The SMILES string of the molecule is N[C@]1(CO)[C@H](c2ccc3c(c2)OCO3)[C@H]1S(=O)(=O)c1ccccc1. The summed E-state index contributed by atoms with van der Waals surface area (Å²) in [4.78, 5) is 0.210. The Balaban J connectivity index is 1.74. The molecule has 6 nitrogen and oxygen atoms in total. The maximum atomic E-state index is 12.9. The Kier molecular flexibility index (Phi) is 3.35. The lowest BCUT2D eigenvalue weighted by molar-refractivity contribution is 0.174. The lowest BCUT2D eigenvalue weighted by Crippen LogP contribution is -2.35. The van der Waals surface area contributed by atoms with Crippen LogP contribution in [0.3, 0.4) is 0 Å². The summed E-state index contributed by atoms with van der Waals surface area (Å²) >= 11 is 0. The third-order valence-corrected chi connectivity index (χ3v) is 7.05. The lowest BCUT2D eigenvalue weighted by atomic mass is 10.1. The van der Waals surface area contributed by atoms with E-state index in [4.69, 9.17) is 15.2 Å². The number of aliphatic hydroxyl groups is 1. The number of sulfone groups is 1. The highest BCUT2D eigenvalue weighted by Crippen LogP contribution is 2.56. The van der Waals surface area contributed by atoms with E-state index in [9.17, 15) is 13.5 Å². The van der Waals surface area contributed by atoms with Crippen LogP contribution in [0.1, 0.15) is 11.5 Å². The highest BCUT2D eigenvalue weighted by molar-refractivity contribution is 7.92. The molecule has 4 rings (SSSR count). The van der Waals surface area contributed by atoms with Crippen LogP contribution in [-0.4, -0.2) is 37.7 Å². The Morgan fingerprint density at radius 1 is 1.12 bits per heavy atom. The highest BCUT2D eigenvalue weighted by atomic mass is 32.2. The summed E-state index contributed by atoms with van der Waals surface area (Å²) in [7, 11) is -3.65. The fourth-order valence-electron chi connectivity index (χ4n) is 3.43. The van der Waals surface area contributed by atoms with E-state index in [1.165, 1.54) is 0 Å². The van der Waals surface area contributed by atoms with E-state index >= 15 is 0 Å². The topological polar surface area (TPSA) is 98.8 Å². The third-order valence-electron chi connectivity index (χ3n) is 4.74. The first-order chi connectivity index (χ1) is 11.5. The molecule has 7 heteroatoms. The van der Waals surface area contributed by atoms with Crippen LogP contribution in [0.25, 0.3) is 0 Å². The normalized spacial score (nSPS) is 27.9. The molecule has 1 saturated carbocycles. The van der Waals surface area contributed by atoms with Crippen molar-refractivity contribution >= 4 is 9.84 Å². The van der Waals surface area contributed by atoms with Gasteiger partial charge in [-0.15, -0.1) is 0 Å². The van der Waals surface area contributed by atoms with Crippen molar-refractivity contribution < 1.29 is 23.0 Å².